The van der Waals surface area contributed by atoms with Gasteiger partial charge in [0.25, 0.3) is 0 Å². The summed E-state index contributed by atoms with van der Waals surface area (Å²) < 4.78 is 0. The normalized spacial score (nSPS) is 17.6. The van der Waals surface area contributed by atoms with Crippen LogP contribution in [0.4, 0.5) is 5.82 Å². The number of likely N-dealkylation sites (N-methyl/N-ethyl adjacent to an activating group) is 1. The fourth-order valence-corrected chi connectivity index (χ4v) is 2.15. The maximum Gasteiger partial charge on any atom is 0.164 e. The SMILES string of the molecule is CN1CCN(c2ncnc3ncccc23)CC1. The van der Waals surface area contributed by atoms with Crippen LogP contribution in [0.5, 0.6) is 0 Å². The van der Waals surface area contributed by atoms with E-state index in [4.69, 9.17) is 0 Å². The van der Waals surface area contributed by atoms with Crippen LogP contribution >= 0.6 is 0 Å². The van der Waals surface area contributed by atoms with Gasteiger partial charge in [0.2, 0.25) is 0 Å². The van der Waals surface area contributed by atoms with Gasteiger partial charge in [0.15, 0.2) is 5.65 Å². The molecule has 2 aromatic heterocycles. The van der Waals surface area contributed by atoms with Crippen molar-refractivity contribution < 1.29 is 0 Å². The van der Waals surface area contributed by atoms with E-state index in [1.54, 1.807) is 12.5 Å². The van der Waals surface area contributed by atoms with Gasteiger partial charge in [-0.05, 0) is 19.2 Å². The smallest absolute Gasteiger partial charge is 0.164 e. The third-order valence-corrected chi connectivity index (χ3v) is 3.19. The van der Waals surface area contributed by atoms with E-state index in [-0.39, 0.29) is 0 Å². The second kappa shape index (κ2) is 4.25. The van der Waals surface area contributed by atoms with Crippen LogP contribution in [-0.4, -0.2) is 53.1 Å². The van der Waals surface area contributed by atoms with Crippen LogP contribution in [-0.2, 0) is 0 Å². The molecule has 0 N–H and O–H groups in total. The van der Waals surface area contributed by atoms with E-state index in [1.165, 1.54) is 0 Å². The molecule has 0 unspecified atom stereocenters. The molecule has 3 heterocycles. The zero-order chi connectivity index (χ0) is 11.7. The van der Waals surface area contributed by atoms with Gasteiger partial charge in [-0.15, -0.1) is 0 Å². The molecule has 1 aliphatic rings. The van der Waals surface area contributed by atoms with Gasteiger partial charge in [0.1, 0.15) is 12.1 Å². The van der Waals surface area contributed by atoms with Gasteiger partial charge >= 0.3 is 0 Å². The van der Waals surface area contributed by atoms with Crippen LogP contribution in [0.15, 0.2) is 24.7 Å². The molecule has 0 spiro atoms. The first-order valence-corrected chi connectivity index (χ1v) is 5.84. The predicted molar refractivity (Wildman–Crippen MR) is 67.0 cm³/mol. The predicted octanol–water partition coefficient (Wildman–Crippen LogP) is 0.777. The second-order valence-corrected chi connectivity index (χ2v) is 4.36. The number of rotatable bonds is 1. The topological polar surface area (TPSA) is 45.2 Å². The third kappa shape index (κ3) is 1.93. The lowest BCUT2D eigenvalue weighted by atomic mass is 10.2. The largest absolute Gasteiger partial charge is 0.353 e. The lowest BCUT2D eigenvalue weighted by Crippen LogP contribution is -2.44. The van der Waals surface area contributed by atoms with Crippen LogP contribution in [0.3, 0.4) is 0 Å². The van der Waals surface area contributed by atoms with Gasteiger partial charge in [-0.25, -0.2) is 15.0 Å². The number of fused-ring (bicyclic) bond motifs is 1. The lowest BCUT2D eigenvalue weighted by Gasteiger charge is -2.33. The highest BCUT2D eigenvalue weighted by Crippen LogP contribution is 2.21. The maximum absolute atomic E-state index is 4.41. The zero-order valence-corrected chi connectivity index (χ0v) is 9.87. The molecule has 0 amide bonds. The van der Waals surface area contributed by atoms with Gasteiger partial charge in [-0.3, -0.25) is 0 Å². The molecule has 0 aromatic carbocycles. The summed E-state index contributed by atoms with van der Waals surface area (Å²) in [6.45, 7) is 4.17. The van der Waals surface area contributed by atoms with E-state index in [0.717, 1.165) is 43.0 Å². The van der Waals surface area contributed by atoms with Crippen molar-refractivity contribution in [3.63, 3.8) is 0 Å². The Morgan fingerprint density at radius 2 is 1.88 bits per heavy atom. The second-order valence-electron chi connectivity index (χ2n) is 4.36. The molecule has 17 heavy (non-hydrogen) atoms. The molecule has 1 fully saturated rings. The Balaban J connectivity index is 2.00. The van der Waals surface area contributed by atoms with Crippen molar-refractivity contribution in [3.05, 3.63) is 24.7 Å². The summed E-state index contributed by atoms with van der Waals surface area (Å²) in [4.78, 5) is 17.5. The fraction of sp³-hybridized carbons (Fsp3) is 0.417. The average Bonchev–Trinajstić information content (AvgIpc) is 2.39. The number of hydrogen-bond acceptors (Lipinski definition) is 5. The molecule has 2 aromatic rings. The lowest BCUT2D eigenvalue weighted by molar-refractivity contribution is 0.312. The van der Waals surface area contributed by atoms with Crippen LogP contribution in [0.1, 0.15) is 0 Å². The quantitative estimate of drug-likeness (QED) is 0.723. The van der Waals surface area contributed by atoms with Gasteiger partial charge in [-0.2, -0.15) is 0 Å². The third-order valence-electron chi connectivity index (χ3n) is 3.19. The van der Waals surface area contributed by atoms with Crippen molar-refractivity contribution in [3.8, 4) is 0 Å². The summed E-state index contributed by atoms with van der Waals surface area (Å²) in [7, 11) is 2.15. The Hall–Kier alpha value is -1.75. The fourth-order valence-electron chi connectivity index (χ4n) is 2.15. The molecular formula is C12H15N5. The zero-order valence-electron chi connectivity index (χ0n) is 9.87. The standard InChI is InChI=1S/C12H15N5/c1-16-5-7-17(8-6-16)12-10-3-2-4-13-11(10)14-9-15-12/h2-4,9H,5-8H2,1H3. The summed E-state index contributed by atoms with van der Waals surface area (Å²) in [6.07, 6.45) is 3.37. The highest BCUT2D eigenvalue weighted by molar-refractivity contribution is 5.86. The molecule has 1 saturated heterocycles. The molecule has 88 valence electrons. The van der Waals surface area contributed by atoms with Crippen molar-refractivity contribution >= 4 is 16.9 Å². The van der Waals surface area contributed by atoms with Crippen molar-refractivity contribution in [2.45, 2.75) is 0 Å². The molecule has 0 atom stereocenters. The summed E-state index contributed by atoms with van der Waals surface area (Å²) in [5, 5.41) is 1.04. The highest BCUT2D eigenvalue weighted by atomic mass is 15.3. The molecule has 0 saturated carbocycles. The first-order chi connectivity index (χ1) is 8.34. The van der Waals surface area contributed by atoms with Crippen molar-refractivity contribution in [1.29, 1.82) is 0 Å². The Labute approximate surface area is 100 Å². The first kappa shape index (κ1) is 10.4. The van der Waals surface area contributed by atoms with E-state index in [0.29, 0.717) is 0 Å². The molecule has 0 aliphatic carbocycles. The molecule has 3 rings (SSSR count). The Morgan fingerprint density at radius 1 is 1.06 bits per heavy atom. The number of pyridine rings is 1. The minimum Gasteiger partial charge on any atom is -0.353 e. The van der Waals surface area contributed by atoms with Crippen LogP contribution in [0.25, 0.3) is 11.0 Å². The first-order valence-electron chi connectivity index (χ1n) is 5.84. The van der Waals surface area contributed by atoms with Crippen molar-refractivity contribution in [1.82, 2.24) is 19.9 Å². The number of anilines is 1. The van der Waals surface area contributed by atoms with Gasteiger partial charge in [-0.1, -0.05) is 0 Å². The molecule has 0 radical (unpaired) electrons. The number of hydrogen-bond donors (Lipinski definition) is 0. The molecular weight excluding hydrogens is 214 g/mol. The maximum atomic E-state index is 4.41. The van der Waals surface area contributed by atoms with Gasteiger partial charge < -0.3 is 9.80 Å². The summed E-state index contributed by atoms with van der Waals surface area (Å²) >= 11 is 0. The van der Waals surface area contributed by atoms with E-state index in [1.807, 2.05) is 12.1 Å². The number of piperazine rings is 1. The highest BCUT2D eigenvalue weighted by Gasteiger charge is 2.17. The molecule has 0 bridgehead atoms. The van der Waals surface area contributed by atoms with E-state index < -0.39 is 0 Å². The summed E-state index contributed by atoms with van der Waals surface area (Å²) in [5.41, 5.74) is 0.774. The number of nitrogens with zero attached hydrogens (tertiary/aromatic N) is 5. The molecule has 1 aliphatic heterocycles. The summed E-state index contributed by atoms with van der Waals surface area (Å²) in [5.74, 6) is 1.01. The van der Waals surface area contributed by atoms with E-state index in [9.17, 15) is 0 Å². The monoisotopic (exact) mass is 229 g/mol. The summed E-state index contributed by atoms with van der Waals surface area (Å²) in [6, 6.07) is 3.97. The van der Waals surface area contributed by atoms with E-state index in [2.05, 4.69) is 31.8 Å². The van der Waals surface area contributed by atoms with Crippen LogP contribution < -0.4 is 4.90 Å². The van der Waals surface area contributed by atoms with E-state index >= 15 is 0 Å². The minimum atomic E-state index is 0.774. The van der Waals surface area contributed by atoms with Crippen molar-refractivity contribution in [2.24, 2.45) is 0 Å². The average molecular weight is 229 g/mol. The molecule has 5 nitrogen and oxygen atoms in total. The van der Waals surface area contributed by atoms with Gasteiger partial charge in [0, 0.05) is 32.4 Å². The molecule has 5 heteroatoms. The van der Waals surface area contributed by atoms with Crippen LogP contribution in [0.2, 0.25) is 0 Å². The Morgan fingerprint density at radius 3 is 2.71 bits per heavy atom. The minimum absolute atomic E-state index is 0.774. The Kier molecular flexibility index (Phi) is 2.60. The van der Waals surface area contributed by atoms with Crippen molar-refractivity contribution in [2.75, 3.05) is 38.1 Å². The van der Waals surface area contributed by atoms with Gasteiger partial charge in [0.05, 0.1) is 5.39 Å². The number of aromatic nitrogens is 3. The Bertz CT molecular complexity index is 514. The van der Waals surface area contributed by atoms with Crippen LogP contribution in [0, 0.1) is 0 Å².